The first kappa shape index (κ1) is 9.64. The van der Waals surface area contributed by atoms with E-state index in [1.807, 2.05) is 0 Å². The first-order valence-corrected chi connectivity index (χ1v) is 4.79. The van der Waals surface area contributed by atoms with E-state index in [1.165, 1.54) is 12.4 Å². The standard InChI is InChI=1S/C7H4Cl2N4S/c8-3-1-10-2-4(9)5(3)6-11-7(14)13-12-6/h1-2H,(H2,11,12,13,14). The largest absolute Gasteiger partial charge is 0.282 e. The minimum Gasteiger partial charge on any atom is -0.282 e. The quantitative estimate of drug-likeness (QED) is 0.762. The maximum Gasteiger partial charge on any atom is 0.213 e. The van der Waals surface area contributed by atoms with E-state index < -0.39 is 0 Å². The van der Waals surface area contributed by atoms with Crippen LogP contribution in [0.25, 0.3) is 11.4 Å². The number of H-pyrrole nitrogens is 2. The lowest BCUT2D eigenvalue weighted by Gasteiger charge is -2.00. The van der Waals surface area contributed by atoms with Crippen molar-refractivity contribution in [1.29, 1.82) is 0 Å². The molecule has 0 unspecified atom stereocenters. The summed E-state index contributed by atoms with van der Waals surface area (Å²) in [6.07, 6.45) is 2.99. The summed E-state index contributed by atoms with van der Waals surface area (Å²) in [6, 6.07) is 0. The summed E-state index contributed by atoms with van der Waals surface area (Å²) in [5, 5.41) is 6.28. The second-order valence-corrected chi connectivity index (χ2v) is 3.69. The van der Waals surface area contributed by atoms with E-state index in [0.717, 1.165) is 0 Å². The number of nitrogens with zero attached hydrogens (tertiary/aromatic N) is 2. The third-order valence-corrected chi connectivity index (χ3v) is 2.36. The van der Waals surface area contributed by atoms with E-state index in [-0.39, 0.29) is 0 Å². The lowest BCUT2D eigenvalue weighted by Crippen LogP contribution is -1.85. The number of rotatable bonds is 1. The van der Waals surface area contributed by atoms with E-state index >= 15 is 0 Å². The van der Waals surface area contributed by atoms with Gasteiger partial charge in [0.05, 0.1) is 15.6 Å². The van der Waals surface area contributed by atoms with Gasteiger partial charge in [-0.2, -0.15) is 4.98 Å². The summed E-state index contributed by atoms with van der Waals surface area (Å²) in [5.41, 5.74) is 0.593. The van der Waals surface area contributed by atoms with Gasteiger partial charge in [-0.05, 0) is 12.2 Å². The molecule has 0 aliphatic carbocycles. The summed E-state index contributed by atoms with van der Waals surface area (Å²) in [6.45, 7) is 0. The highest BCUT2D eigenvalue weighted by atomic mass is 35.5. The molecule has 7 heteroatoms. The zero-order valence-electron chi connectivity index (χ0n) is 6.71. The van der Waals surface area contributed by atoms with Gasteiger partial charge in [-0.25, -0.2) is 0 Å². The average Bonchev–Trinajstić information content (AvgIpc) is 2.51. The highest BCUT2D eigenvalue weighted by Crippen LogP contribution is 2.30. The first-order chi connectivity index (χ1) is 6.68. The number of pyridine rings is 1. The molecule has 4 nitrogen and oxygen atoms in total. The van der Waals surface area contributed by atoms with Crippen LogP contribution in [0.4, 0.5) is 0 Å². The molecule has 0 saturated carbocycles. The van der Waals surface area contributed by atoms with Crippen LogP contribution in [0.15, 0.2) is 12.4 Å². The molecular weight excluding hydrogens is 243 g/mol. The molecule has 14 heavy (non-hydrogen) atoms. The molecule has 0 aromatic carbocycles. The summed E-state index contributed by atoms with van der Waals surface area (Å²) >= 11 is 16.7. The number of halogens is 2. The first-order valence-electron chi connectivity index (χ1n) is 3.62. The smallest absolute Gasteiger partial charge is 0.213 e. The Morgan fingerprint density at radius 3 is 2.29 bits per heavy atom. The fourth-order valence-corrected chi connectivity index (χ4v) is 1.71. The van der Waals surface area contributed by atoms with Crippen molar-refractivity contribution in [3.63, 3.8) is 0 Å². The fraction of sp³-hybridized carbons (Fsp3) is 0. The predicted octanol–water partition coefficient (Wildman–Crippen LogP) is 2.84. The molecular formula is C7H4Cl2N4S. The van der Waals surface area contributed by atoms with Crippen molar-refractivity contribution < 1.29 is 0 Å². The molecule has 2 aromatic heterocycles. The maximum atomic E-state index is 5.92. The molecule has 0 aliphatic rings. The summed E-state index contributed by atoms with van der Waals surface area (Å²) in [7, 11) is 0. The van der Waals surface area contributed by atoms with Gasteiger partial charge in [0.15, 0.2) is 5.82 Å². The molecule has 2 N–H and O–H groups in total. The molecule has 2 heterocycles. The molecule has 2 rings (SSSR count). The van der Waals surface area contributed by atoms with E-state index in [4.69, 9.17) is 35.4 Å². The molecule has 0 atom stereocenters. The van der Waals surface area contributed by atoms with Crippen molar-refractivity contribution in [3.05, 3.63) is 27.2 Å². The van der Waals surface area contributed by atoms with Gasteiger partial charge < -0.3 is 0 Å². The van der Waals surface area contributed by atoms with Gasteiger partial charge in [-0.15, -0.1) is 0 Å². The molecule has 72 valence electrons. The highest BCUT2D eigenvalue weighted by Gasteiger charge is 2.11. The summed E-state index contributed by atoms with van der Waals surface area (Å²) in [5.74, 6) is 0.507. The van der Waals surface area contributed by atoms with Gasteiger partial charge in [0.1, 0.15) is 0 Å². The van der Waals surface area contributed by atoms with E-state index in [0.29, 0.717) is 26.2 Å². The van der Waals surface area contributed by atoms with Gasteiger partial charge in [0, 0.05) is 12.4 Å². The van der Waals surface area contributed by atoms with Gasteiger partial charge in [0.2, 0.25) is 4.77 Å². The monoisotopic (exact) mass is 246 g/mol. The highest BCUT2D eigenvalue weighted by molar-refractivity contribution is 7.71. The molecule has 0 radical (unpaired) electrons. The van der Waals surface area contributed by atoms with Gasteiger partial charge in [-0.1, -0.05) is 23.2 Å². The minimum absolute atomic E-state index is 0.351. The lowest BCUT2D eigenvalue weighted by molar-refractivity contribution is 1.08. The van der Waals surface area contributed by atoms with E-state index in [1.54, 1.807) is 0 Å². The topological polar surface area (TPSA) is 57.4 Å². The van der Waals surface area contributed by atoms with E-state index in [9.17, 15) is 0 Å². The number of hydrogen-bond donors (Lipinski definition) is 2. The molecule has 0 spiro atoms. The Hall–Kier alpha value is -0.910. The van der Waals surface area contributed by atoms with Gasteiger partial charge >= 0.3 is 0 Å². The molecule has 0 saturated heterocycles. The van der Waals surface area contributed by atoms with Crippen LogP contribution in [0.5, 0.6) is 0 Å². The zero-order valence-corrected chi connectivity index (χ0v) is 9.04. The third kappa shape index (κ3) is 1.66. The molecule has 0 bridgehead atoms. The second kappa shape index (κ2) is 3.68. The molecule has 0 fully saturated rings. The SMILES string of the molecule is S=c1nc(-c2c(Cl)cncc2Cl)[nH][nH]1. The Kier molecular flexibility index (Phi) is 2.54. The van der Waals surface area contributed by atoms with Gasteiger partial charge in [-0.3, -0.25) is 15.2 Å². The Balaban J connectivity index is 2.67. The van der Waals surface area contributed by atoms with Crippen LogP contribution >= 0.6 is 35.4 Å². The van der Waals surface area contributed by atoms with Crippen LogP contribution in [-0.2, 0) is 0 Å². The summed E-state index contributed by atoms with van der Waals surface area (Å²) in [4.78, 5) is 7.84. The number of nitrogens with one attached hydrogen (secondary N) is 2. The zero-order chi connectivity index (χ0) is 10.1. The number of aromatic nitrogens is 4. The Morgan fingerprint density at radius 1 is 1.14 bits per heavy atom. The number of hydrogen-bond acceptors (Lipinski definition) is 3. The Labute approximate surface area is 94.3 Å². The normalized spacial score (nSPS) is 10.4. The van der Waals surface area contributed by atoms with E-state index in [2.05, 4.69) is 20.2 Å². The fourth-order valence-electron chi connectivity index (χ4n) is 1.03. The van der Waals surface area contributed by atoms with Crippen molar-refractivity contribution in [2.75, 3.05) is 0 Å². The van der Waals surface area contributed by atoms with Crippen molar-refractivity contribution in [1.82, 2.24) is 20.2 Å². The van der Waals surface area contributed by atoms with Crippen molar-refractivity contribution >= 4 is 35.4 Å². The van der Waals surface area contributed by atoms with Crippen LogP contribution < -0.4 is 0 Å². The average molecular weight is 247 g/mol. The van der Waals surface area contributed by atoms with Crippen molar-refractivity contribution in [2.24, 2.45) is 0 Å². The van der Waals surface area contributed by atoms with Crippen molar-refractivity contribution in [2.45, 2.75) is 0 Å². The number of aromatic amines is 2. The molecule has 2 aromatic rings. The van der Waals surface area contributed by atoms with Gasteiger partial charge in [0.25, 0.3) is 0 Å². The third-order valence-electron chi connectivity index (χ3n) is 1.59. The maximum absolute atomic E-state index is 5.92. The molecule has 0 aliphatic heterocycles. The summed E-state index contributed by atoms with van der Waals surface area (Å²) < 4.78 is 0.351. The predicted molar refractivity (Wildman–Crippen MR) is 57.0 cm³/mol. The Morgan fingerprint density at radius 2 is 1.79 bits per heavy atom. The van der Waals surface area contributed by atoms with Crippen LogP contribution in [0, 0.1) is 4.77 Å². The molecule has 0 amide bonds. The lowest BCUT2D eigenvalue weighted by atomic mass is 10.2. The van der Waals surface area contributed by atoms with Crippen LogP contribution in [0.2, 0.25) is 10.0 Å². The van der Waals surface area contributed by atoms with Crippen LogP contribution in [0.3, 0.4) is 0 Å². The Bertz CT molecular complexity index is 498. The van der Waals surface area contributed by atoms with Crippen molar-refractivity contribution in [3.8, 4) is 11.4 Å². The van der Waals surface area contributed by atoms with Crippen LogP contribution in [0.1, 0.15) is 0 Å². The van der Waals surface area contributed by atoms with Crippen LogP contribution in [-0.4, -0.2) is 20.2 Å². The second-order valence-electron chi connectivity index (χ2n) is 2.49. The minimum atomic E-state index is 0.351.